The lowest BCUT2D eigenvalue weighted by molar-refractivity contribution is -0.110. The van der Waals surface area contributed by atoms with E-state index in [2.05, 4.69) is 20.1 Å². The van der Waals surface area contributed by atoms with Crippen LogP contribution < -0.4 is 10.1 Å². The first-order valence-electron chi connectivity index (χ1n) is 12.5. The SMILES string of the molecule is COc1cccc2c1C(=C1CCc3c1[nH]c(C)c3C(=O)N1CCC[C@H]1CN1CCCC1)C(=O)N2. The van der Waals surface area contributed by atoms with E-state index < -0.39 is 0 Å². The highest BCUT2D eigenvalue weighted by atomic mass is 16.5. The Balaban J connectivity index is 1.36. The van der Waals surface area contributed by atoms with E-state index in [1.165, 1.54) is 12.8 Å². The number of fused-ring (bicyclic) bond motifs is 2. The number of carbonyl (C=O) groups excluding carboxylic acids is 2. The summed E-state index contributed by atoms with van der Waals surface area (Å²) in [6, 6.07) is 5.97. The van der Waals surface area contributed by atoms with E-state index in [1.54, 1.807) is 7.11 Å². The van der Waals surface area contributed by atoms with Crippen molar-refractivity contribution in [2.75, 3.05) is 38.6 Å². The number of methoxy groups -OCH3 is 1. The van der Waals surface area contributed by atoms with Crippen molar-refractivity contribution in [3.8, 4) is 5.75 Å². The summed E-state index contributed by atoms with van der Waals surface area (Å²) in [5, 5.41) is 2.99. The highest BCUT2D eigenvalue weighted by Crippen LogP contribution is 2.47. The number of hydrogen-bond donors (Lipinski definition) is 2. The first-order valence-corrected chi connectivity index (χ1v) is 12.5. The molecule has 2 aromatic rings. The van der Waals surface area contributed by atoms with Crippen molar-refractivity contribution in [3.63, 3.8) is 0 Å². The molecule has 1 aromatic heterocycles. The maximum absolute atomic E-state index is 13.8. The molecule has 34 heavy (non-hydrogen) atoms. The Morgan fingerprint density at radius 2 is 1.97 bits per heavy atom. The molecule has 4 aliphatic rings. The molecule has 178 valence electrons. The van der Waals surface area contributed by atoms with Crippen LogP contribution in [0.15, 0.2) is 18.2 Å². The van der Waals surface area contributed by atoms with Gasteiger partial charge in [-0.25, -0.2) is 0 Å². The number of nitrogens with zero attached hydrogens (tertiary/aromatic N) is 2. The normalized spacial score (nSPS) is 24.0. The average molecular weight is 461 g/mol. The molecule has 2 amide bonds. The number of hydrogen-bond acceptors (Lipinski definition) is 4. The summed E-state index contributed by atoms with van der Waals surface area (Å²) in [5.41, 5.74) is 6.97. The van der Waals surface area contributed by atoms with E-state index in [0.29, 0.717) is 17.4 Å². The summed E-state index contributed by atoms with van der Waals surface area (Å²) in [6.07, 6.45) is 6.19. The van der Waals surface area contributed by atoms with E-state index >= 15 is 0 Å². The molecule has 0 saturated carbocycles. The average Bonchev–Trinajstić information content (AvgIpc) is 3.63. The quantitative estimate of drug-likeness (QED) is 0.680. The second-order valence-electron chi connectivity index (χ2n) is 9.97. The number of nitrogens with one attached hydrogen (secondary N) is 2. The molecule has 0 bridgehead atoms. The van der Waals surface area contributed by atoms with Gasteiger partial charge in [0.2, 0.25) is 0 Å². The van der Waals surface area contributed by atoms with E-state index in [4.69, 9.17) is 4.74 Å². The van der Waals surface area contributed by atoms with Crippen LogP contribution >= 0.6 is 0 Å². The standard InChI is InChI=1S/C27H32N4O3/c1-16-22(27(33)31-14-6-7-17(31)15-30-12-3-4-13-30)18-10-11-19(25(18)28-16)23-24-20(29-26(23)32)8-5-9-21(24)34-2/h5,8-9,17,28H,3-4,6-7,10-15H2,1-2H3,(H,29,32)/t17-/m0/s1. The van der Waals surface area contributed by atoms with Crippen molar-refractivity contribution in [3.05, 3.63) is 46.3 Å². The van der Waals surface area contributed by atoms with Crippen LogP contribution in [0.3, 0.4) is 0 Å². The Kier molecular flexibility index (Phi) is 5.25. The van der Waals surface area contributed by atoms with Crippen molar-refractivity contribution < 1.29 is 14.3 Å². The molecule has 6 rings (SSSR count). The number of anilines is 1. The number of allylic oxidation sites excluding steroid dienone is 1. The Bertz CT molecular complexity index is 1200. The number of amides is 2. The van der Waals surface area contributed by atoms with E-state index in [9.17, 15) is 9.59 Å². The lowest BCUT2D eigenvalue weighted by Gasteiger charge is -2.29. The molecule has 1 aromatic carbocycles. The van der Waals surface area contributed by atoms with Crippen LogP contribution in [0.4, 0.5) is 5.69 Å². The summed E-state index contributed by atoms with van der Waals surface area (Å²) in [5.74, 6) is 0.734. The monoisotopic (exact) mass is 460 g/mol. The number of H-pyrrole nitrogens is 1. The Morgan fingerprint density at radius 3 is 2.76 bits per heavy atom. The minimum atomic E-state index is -0.104. The molecule has 2 fully saturated rings. The van der Waals surface area contributed by atoms with Crippen LogP contribution in [0.1, 0.15) is 65.0 Å². The minimum Gasteiger partial charge on any atom is -0.496 e. The number of benzene rings is 1. The van der Waals surface area contributed by atoms with Gasteiger partial charge in [0.15, 0.2) is 0 Å². The Hall–Kier alpha value is -3.06. The van der Waals surface area contributed by atoms with Gasteiger partial charge in [0.25, 0.3) is 11.8 Å². The van der Waals surface area contributed by atoms with Gasteiger partial charge in [-0.3, -0.25) is 9.59 Å². The summed E-state index contributed by atoms with van der Waals surface area (Å²) >= 11 is 0. The second-order valence-corrected chi connectivity index (χ2v) is 9.97. The van der Waals surface area contributed by atoms with Gasteiger partial charge in [-0.15, -0.1) is 0 Å². The lowest BCUT2D eigenvalue weighted by Crippen LogP contribution is -2.42. The first-order chi connectivity index (χ1) is 16.6. The number of aryl methyl sites for hydroxylation is 1. The molecular formula is C27H32N4O3. The molecule has 1 atom stereocenters. The van der Waals surface area contributed by atoms with Crippen molar-refractivity contribution >= 4 is 28.6 Å². The van der Waals surface area contributed by atoms with Crippen LogP contribution in [0.2, 0.25) is 0 Å². The molecule has 1 aliphatic carbocycles. The van der Waals surface area contributed by atoms with Gasteiger partial charge in [-0.1, -0.05) is 6.07 Å². The van der Waals surface area contributed by atoms with Crippen LogP contribution in [-0.2, 0) is 11.2 Å². The molecule has 0 spiro atoms. The maximum atomic E-state index is 13.8. The second kappa shape index (κ2) is 8.31. The van der Waals surface area contributed by atoms with Crippen LogP contribution in [0, 0.1) is 6.92 Å². The predicted octanol–water partition coefficient (Wildman–Crippen LogP) is 3.84. The van der Waals surface area contributed by atoms with Crippen LogP contribution in [-0.4, -0.2) is 65.9 Å². The van der Waals surface area contributed by atoms with Gasteiger partial charge in [-0.05, 0) is 81.8 Å². The summed E-state index contributed by atoms with van der Waals surface area (Å²) in [6.45, 7) is 6.12. The molecular weight excluding hydrogens is 428 g/mol. The smallest absolute Gasteiger partial charge is 0.256 e. The van der Waals surface area contributed by atoms with Crippen molar-refractivity contribution in [1.29, 1.82) is 0 Å². The Morgan fingerprint density at radius 1 is 1.15 bits per heavy atom. The molecule has 4 heterocycles. The molecule has 0 radical (unpaired) electrons. The van der Waals surface area contributed by atoms with E-state index in [1.807, 2.05) is 25.1 Å². The molecule has 2 N–H and O–H groups in total. The van der Waals surface area contributed by atoms with Gasteiger partial charge < -0.3 is 24.8 Å². The zero-order chi connectivity index (χ0) is 23.4. The summed E-state index contributed by atoms with van der Waals surface area (Å²) in [7, 11) is 1.63. The predicted molar refractivity (Wildman–Crippen MR) is 132 cm³/mol. The highest BCUT2D eigenvalue weighted by Gasteiger charge is 2.38. The molecule has 7 nitrogen and oxygen atoms in total. The highest BCUT2D eigenvalue weighted by molar-refractivity contribution is 6.37. The van der Waals surface area contributed by atoms with Gasteiger partial charge in [0.05, 0.1) is 29.5 Å². The molecule has 0 unspecified atom stereocenters. The van der Waals surface area contributed by atoms with Gasteiger partial charge >= 0.3 is 0 Å². The third-order valence-corrected chi connectivity index (χ3v) is 8.01. The summed E-state index contributed by atoms with van der Waals surface area (Å²) in [4.78, 5) is 35.0. The topological polar surface area (TPSA) is 77.7 Å². The zero-order valence-corrected chi connectivity index (χ0v) is 20.0. The minimum absolute atomic E-state index is 0.104. The molecule has 2 saturated heterocycles. The molecule has 7 heteroatoms. The number of aromatic amines is 1. The largest absolute Gasteiger partial charge is 0.496 e. The number of ether oxygens (including phenoxy) is 1. The Labute approximate surface area is 200 Å². The number of aromatic nitrogens is 1. The van der Waals surface area contributed by atoms with Crippen molar-refractivity contribution in [1.82, 2.24) is 14.8 Å². The third-order valence-electron chi connectivity index (χ3n) is 8.01. The number of likely N-dealkylation sites (tertiary alicyclic amines) is 2. The maximum Gasteiger partial charge on any atom is 0.256 e. The first kappa shape index (κ1) is 21.5. The van der Waals surface area contributed by atoms with Crippen LogP contribution in [0.5, 0.6) is 5.75 Å². The lowest BCUT2D eigenvalue weighted by atomic mass is 9.98. The fraction of sp³-hybridized carbons (Fsp3) is 0.481. The van der Waals surface area contributed by atoms with Crippen LogP contribution in [0.25, 0.3) is 11.1 Å². The number of carbonyl (C=O) groups is 2. The van der Waals surface area contributed by atoms with Gasteiger partial charge in [-0.2, -0.15) is 0 Å². The van der Waals surface area contributed by atoms with E-state index in [-0.39, 0.29) is 11.8 Å². The summed E-state index contributed by atoms with van der Waals surface area (Å²) < 4.78 is 5.58. The third kappa shape index (κ3) is 3.28. The fourth-order valence-electron chi connectivity index (χ4n) is 6.45. The number of rotatable bonds is 4. The van der Waals surface area contributed by atoms with Gasteiger partial charge in [0, 0.05) is 30.5 Å². The molecule has 3 aliphatic heterocycles. The van der Waals surface area contributed by atoms with Gasteiger partial charge in [0.1, 0.15) is 5.75 Å². The fourth-order valence-corrected chi connectivity index (χ4v) is 6.45. The zero-order valence-electron chi connectivity index (χ0n) is 20.0. The van der Waals surface area contributed by atoms with Crippen molar-refractivity contribution in [2.45, 2.75) is 51.5 Å². The van der Waals surface area contributed by atoms with Crippen molar-refractivity contribution in [2.24, 2.45) is 0 Å². The van der Waals surface area contributed by atoms with E-state index in [0.717, 1.165) is 91.2 Å².